The molecule has 0 aliphatic rings. The molecule has 0 heterocycles. The molecule has 0 unspecified atom stereocenters. The fourth-order valence-corrected chi connectivity index (χ4v) is 4.24. The molecule has 0 atom stereocenters. The van der Waals surface area contributed by atoms with Gasteiger partial charge in [0.2, 0.25) is 0 Å². The maximum absolute atomic E-state index is 10.8. The number of rotatable bonds is 18. The van der Waals surface area contributed by atoms with E-state index in [1.165, 1.54) is 94.9 Å². The van der Waals surface area contributed by atoms with Crippen molar-refractivity contribution in [2.45, 2.75) is 97.8 Å². The molecule has 2 aromatic rings. The predicted octanol–water partition coefficient (Wildman–Crippen LogP) is 9.85. The van der Waals surface area contributed by atoms with E-state index in [1.807, 2.05) is 6.07 Å². The molecule has 0 aromatic heterocycles. The normalized spacial score (nSPS) is 11.3. The van der Waals surface area contributed by atoms with Crippen molar-refractivity contribution in [3.8, 4) is 0 Å². The molecule has 0 fully saturated rings. The minimum atomic E-state index is -0.411. The fraction of sp³-hybridized carbons (Fsp3) is 0.586. The number of nitrogens with zero attached hydrogens (tertiary/aromatic N) is 4. The van der Waals surface area contributed by atoms with Crippen LogP contribution in [0.4, 0.5) is 22.7 Å². The van der Waals surface area contributed by atoms with Crippen molar-refractivity contribution in [3.63, 3.8) is 0 Å². The molecule has 0 radical (unpaired) electrons. The van der Waals surface area contributed by atoms with Crippen LogP contribution in [-0.4, -0.2) is 18.0 Å². The van der Waals surface area contributed by atoms with Gasteiger partial charge in [-0.05, 0) is 55.7 Å². The summed E-state index contributed by atoms with van der Waals surface area (Å²) >= 11 is 0. The molecule has 0 saturated heterocycles. The zero-order chi connectivity index (χ0) is 25.3. The van der Waals surface area contributed by atoms with Crippen molar-refractivity contribution < 1.29 is 4.92 Å². The van der Waals surface area contributed by atoms with E-state index in [2.05, 4.69) is 48.0 Å². The van der Waals surface area contributed by atoms with Gasteiger partial charge in [0.05, 0.1) is 16.3 Å². The lowest BCUT2D eigenvalue weighted by molar-refractivity contribution is -0.384. The minimum absolute atomic E-state index is 0.0558. The van der Waals surface area contributed by atoms with Crippen molar-refractivity contribution in [2.24, 2.45) is 10.2 Å². The van der Waals surface area contributed by atoms with Crippen LogP contribution in [0.3, 0.4) is 0 Å². The van der Waals surface area contributed by atoms with Crippen LogP contribution in [0.15, 0.2) is 52.7 Å². The van der Waals surface area contributed by atoms with Crippen LogP contribution >= 0.6 is 0 Å². The Morgan fingerprint density at radius 2 is 1.29 bits per heavy atom. The number of anilines is 1. The Kier molecular flexibility index (Phi) is 13.7. The topological polar surface area (TPSA) is 71.1 Å². The molecule has 0 aliphatic heterocycles. The Morgan fingerprint density at radius 1 is 0.743 bits per heavy atom. The maximum atomic E-state index is 10.8. The lowest BCUT2D eigenvalue weighted by atomic mass is 10.1. The summed E-state index contributed by atoms with van der Waals surface area (Å²) in [6.45, 7) is 8.80. The summed E-state index contributed by atoms with van der Waals surface area (Å²) in [7, 11) is 0. The summed E-state index contributed by atoms with van der Waals surface area (Å²) in [6.07, 6.45) is 15.7. The number of benzene rings is 2. The fourth-order valence-electron chi connectivity index (χ4n) is 4.24. The summed E-state index contributed by atoms with van der Waals surface area (Å²) in [6, 6.07) is 12.6. The molecule has 0 bridgehead atoms. The molecule has 2 aromatic carbocycles. The van der Waals surface area contributed by atoms with E-state index >= 15 is 0 Å². The molecule has 6 nitrogen and oxygen atoms in total. The molecule has 6 heteroatoms. The Hall–Kier alpha value is -2.76. The van der Waals surface area contributed by atoms with E-state index in [-0.39, 0.29) is 5.69 Å². The van der Waals surface area contributed by atoms with Crippen LogP contribution in [0.2, 0.25) is 0 Å². The van der Waals surface area contributed by atoms with Crippen LogP contribution < -0.4 is 4.90 Å². The number of nitro groups is 1. The monoisotopic (exact) mass is 480 g/mol. The SMILES string of the molecule is CCCCCCCCN(CCCCCCCC)c1ccc(N=Nc2ccc([N+](=O)[O-])cc2)c(C)c1. The summed E-state index contributed by atoms with van der Waals surface area (Å²) in [5.41, 5.74) is 3.83. The first kappa shape index (κ1) is 28.5. The molecule has 0 saturated carbocycles. The molecular weight excluding hydrogens is 436 g/mol. The van der Waals surface area contributed by atoms with E-state index in [0.717, 1.165) is 24.3 Å². The Morgan fingerprint density at radius 3 is 1.80 bits per heavy atom. The minimum Gasteiger partial charge on any atom is -0.372 e. The van der Waals surface area contributed by atoms with Crippen molar-refractivity contribution in [1.82, 2.24) is 0 Å². The highest BCUT2D eigenvalue weighted by molar-refractivity contribution is 5.58. The largest absolute Gasteiger partial charge is 0.372 e. The van der Waals surface area contributed by atoms with Gasteiger partial charge >= 0.3 is 0 Å². The van der Waals surface area contributed by atoms with Gasteiger partial charge in [0.25, 0.3) is 5.69 Å². The maximum Gasteiger partial charge on any atom is 0.269 e. The van der Waals surface area contributed by atoms with Gasteiger partial charge in [-0.3, -0.25) is 10.1 Å². The zero-order valence-electron chi connectivity index (χ0n) is 22.0. The summed E-state index contributed by atoms with van der Waals surface area (Å²) in [4.78, 5) is 13.0. The third-order valence-corrected chi connectivity index (χ3v) is 6.44. The average Bonchev–Trinajstić information content (AvgIpc) is 2.86. The highest BCUT2D eigenvalue weighted by atomic mass is 16.6. The number of aryl methyl sites for hydroxylation is 1. The third-order valence-electron chi connectivity index (χ3n) is 6.44. The van der Waals surface area contributed by atoms with E-state index in [0.29, 0.717) is 5.69 Å². The number of azo groups is 1. The summed E-state index contributed by atoms with van der Waals surface area (Å²) in [5, 5.41) is 19.5. The second-order valence-corrected chi connectivity index (χ2v) is 9.47. The molecule has 35 heavy (non-hydrogen) atoms. The summed E-state index contributed by atoms with van der Waals surface area (Å²) < 4.78 is 0. The zero-order valence-corrected chi connectivity index (χ0v) is 22.0. The van der Waals surface area contributed by atoms with Gasteiger partial charge < -0.3 is 4.90 Å². The molecule has 0 aliphatic carbocycles. The first-order valence-corrected chi connectivity index (χ1v) is 13.6. The van der Waals surface area contributed by atoms with Gasteiger partial charge in [0.15, 0.2) is 0 Å². The van der Waals surface area contributed by atoms with Crippen LogP contribution in [-0.2, 0) is 0 Å². The van der Waals surface area contributed by atoms with Gasteiger partial charge in [-0.2, -0.15) is 10.2 Å². The predicted molar refractivity (Wildman–Crippen MR) is 147 cm³/mol. The van der Waals surface area contributed by atoms with Gasteiger partial charge in [-0.1, -0.05) is 78.1 Å². The van der Waals surface area contributed by atoms with Crippen molar-refractivity contribution in [3.05, 3.63) is 58.1 Å². The second kappa shape index (κ2) is 16.8. The van der Waals surface area contributed by atoms with E-state index in [1.54, 1.807) is 12.1 Å². The Bertz CT molecular complexity index is 880. The van der Waals surface area contributed by atoms with Gasteiger partial charge in [-0.25, -0.2) is 0 Å². The van der Waals surface area contributed by atoms with Crippen LogP contribution in [0.5, 0.6) is 0 Å². The highest BCUT2D eigenvalue weighted by Gasteiger charge is 2.09. The molecule has 2 rings (SSSR count). The number of nitro benzene ring substituents is 1. The smallest absolute Gasteiger partial charge is 0.269 e. The third kappa shape index (κ3) is 11.0. The summed E-state index contributed by atoms with van der Waals surface area (Å²) in [5.74, 6) is 0. The number of hydrogen-bond donors (Lipinski definition) is 0. The van der Waals surface area contributed by atoms with Gasteiger partial charge in [-0.15, -0.1) is 0 Å². The molecular formula is C29H44N4O2. The van der Waals surface area contributed by atoms with Gasteiger partial charge in [0, 0.05) is 30.9 Å². The van der Waals surface area contributed by atoms with Crippen molar-refractivity contribution >= 4 is 22.7 Å². The number of hydrogen-bond acceptors (Lipinski definition) is 5. The van der Waals surface area contributed by atoms with E-state index in [4.69, 9.17) is 0 Å². The highest BCUT2D eigenvalue weighted by Crippen LogP contribution is 2.28. The standard InChI is InChI=1S/C29H44N4O2/c1-4-6-8-10-12-14-22-32(23-15-13-11-9-7-5-2)28-20-21-29(25(3)24-28)31-30-26-16-18-27(19-17-26)33(34)35/h16-21,24H,4-15,22-23H2,1-3H3. The second-order valence-electron chi connectivity index (χ2n) is 9.47. The number of non-ortho nitro benzene ring substituents is 1. The van der Waals surface area contributed by atoms with E-state index in [9.17, 15) is 10.1 Å². The van der Waals surface area contributed by atoms with Crippen molar-refractivity contribution in [1.29, 1.82) is 0 Å². The van der Waals surface area contributed by atoms with Crippen LogP contribution in [0.1, 0.15) is 96.5 Å². The molecule has 0 N–H and O–H groups in total. The Balaban J connectivity index is 2.00. The lowest BCUT2D eigenvalue weighted by Gasteiger charge is -2.26. The van der Waals surface area contributed by atoms with Crippen molar-refractivity contribution in [2.75, 3.05) is 18.0 Å². The van der Waals surface area contributed by atoms with Crippen LogP contribution in [0.25, 0.3) is 0 Å². The van der Waals surface area contributed by atoms with Gasteiger partial charge in [0.1, 0.15) is 0 Å². The Labute approximate surface area is 212 Å². The molecule has 192 valence electrons. The first-order valence-electron chi connectivity index (χ1n) is 13.6. The average molecular weight is 481 g/mol. The number of unbranched alkanes of at least 4 members (excludes halogenated alkanes) is 10. The molecule has 0 amide bonds. The van der Waals surface area contributed by atoms with Crippen LogP contribution in [0, 0.1) is 17.0 Å². The molecule has 0 spiro atoms. The quantitative estimate of drug-likeness (QED) is 0.0922. The van der Waals surface area contributed by atoms with E-state index < -0.39 is 4.92 Å². The first-order chi connectivity index (χ1) is 17.0. The lowest BCUT2D eigenvalue weighted by Crippen LogP contribution is -2.25.